The van der Waals surface area contributed by atoms with Gasteiger partial charge in [0.05, 0.1) is 6.61 Å². The number of hydrogen-bond acceptors (Lipinski definition) is 8. The number of ether oxygens (including phenoxy) is 1. The van der Waals surface area contributed by atoms with E-state index in [9.17, 15) is 4.79 Å². The van der Waals surface area contributed by atoms with E-state index >= 15 is 0 Å². The zero-order valence-corrected chi connectivity index (χ0v) is 21.1. The molecule has 1 unspecified atom stereocenters. The van der Waals surface area contributed by atoms with Crippen LogP contribution in [0.1, 0.15) is 26.2 Å². The van der Waals surface area contributed by atoms with Gasteiger partial charge in [0.15, 0.2) is 5.65 Å². The fourth-order valence-electron chi connectivity index (χ4n) is 6.04. The zero-order chi connectivity index (χ0) is 25.8. The first-order valence-corrected chi connectivity index (χ1v) is 12.8. The number of carbonyl (C=O) groups is 2. The molecule has 1 atom stereocenters. The minimum absolute atomic E-state index is 0.153. The van der Waals surface area contributed by atoms with Crippen LogP contribution in [0.15, 0.2) is 43.0 Å². The van der Waals surface area contributed by atoms with Gasteiger partial charge in [-0.25, -0.2) is 9.78 Å². The number of pyridine rings is 2. The van der Waals surface area contributed by atoms with E-state index < -0.39 is 0 Å². The lowest BCUT2D eigenvalue weighted by atomic mass is 9.78. The molecule has 0 aromatic carbocycles. The minimum atomic E-state index is -0.250. The molecule has 1 amide bonds. The average Bonchev–Trinajstić information content (AvgIpc) is 3.56. The van der Waals surface area contributed by atoms with Crippen molar-refractivity contribution in [1.82, 2.24) is 29.4 Å². The number of piperazine rings is 1. The van der Waals surface area contributed by atoms with Gasteiger partial charge in [-0.05, 0) is 50.5 Å². The van der Waals surface area contributed by atoms with Crippen LogP contribution >= 0.6 is 0 Å². The first-order valence-electron chi connectivity index (χ1n) is 12.8. The summed E-state index contributed by atoms with van der Waals surface area (Å²) in [5.41, 5.74) is 3.41. The van der Waals surface area contributed by atoms with Gasteiger partial charge >= 0.3 is 6.09 Å². The van der Waals surface area contributed by atoms with Crippen LogP contribution < -0.4 is 4.90 Å². The standard InChI is InChI=1S/C25H31N7O2.CH2O2/c1-2-34-24(33)32-16-25(17-32)8-7-20(14-25)29-10-12-30(13-11-29)23-21(4-3-9-26-23)19-5-6-22-28-27-18-31(22)15-19;2-1-3/h3-6,9,15,18,20H,2,7-8,10-14,16-17H2,1H3;1H,(H,2,3). The summed E-state index contributed by atoms with van der Waals surface area (Å²) < 4.78 is 7.11. The molecule has 1 saturated carbocycles. The van der Waals surface area contributed by atoms with Crippen molar-refractivity contribution < 1.29 is 19.4 Å². The highest BCUT2D eigenvalue weighted by molar-refractivity contribution is 5.76. The molecule has 3 aliphatic rings. The topological polar surface area (TPSA) is 116 Å². The first kappa shape index (κ1) is 24.9. The number of amides is 1. The predicted octanol–water partition coefficient (Wildman–Crippen LogP) is 2.63. The molecule has 37 heavy (non-hydrogen) atoms. The Hall–Kier alpha value is -3.73. The SMILES string of the molecule is CCOC(=O)N1CC2(CCC(N3CCN(c4ncccc4-c4ccc5nncn5c4)CC3)C2)C1.O=CO. The molecule has 0 bridgehead atoms. The van der Waals surface area contributed by atoms with Crippen molar-refractivity contribution in [2.45, 2.75) is 32.2 Å². The van der Waals surface area contributed by atoms with Gasteiger partial charge in [-0.15, -0.1) is 10.2 Å². The van der Waals surface area contributed by atoms with Gasteiger partial charge in [0, 0.05) is 74.2 Å². The summed E-state index contributed by atoms with van der Waals surface area (Å²) in [4.78, 5) is 32.0. The lowest BCUT2D eigenvalue weighted by Crippen LogP contribution is -2.58. The van der Waals surface area contributed by atoms with Crippen LogP contribution in [0.4, 0.5) is 10.6 Å². The molecule has 196 valence electrons. The third kappa shape index (κ3) is 5.08. The summed E-state index contributed by atoms with van der Waals surface area (Å²) in [5, 5.41) is 15.0. The molecule has 11 heteroatoms. The molecule has 5 heterocycles. The van der Waals surface area contributed by atoms with Crippen molar-refractivity contribution in [2.24, 2.45) is 5.41 Å². The molecule has 1 aliphatic carbocycles. The Morgan fingerprint density at radius 1 is 1.22 bits per heavy atom. The summed E-state index contributed by atoms with van der Waals surface area (Å²) in [6.07, 6.45) is 9.16. The van der Waals surface area contributed by atoms with Crippen LogP contribution in [0.5, 0.6) is 0 Å². The molecule has 1 N–H and O–H groups in total. The lowest BCUT2D eigenvalue weighted by molar-refractivity contribution is -0.122. The van der Waals surface area contributed by atoms with Gasteiger partial charge in [-0.3, -0.25) is 14.1 Å². The summed E-state index contributed by atoms with van der Waals surface area (Å²) in [5.74, 6) is 1.04. The van der Waals surface area contributed by atoms with Crippen LogP contribution in [0.25, 0.3) is 16.8 Å². The Labute approximate surface area is 215 Å². The van der Waals surface area contributed by atoms with Crippen molar-refractivity contribution >= 4 is 24.0 Å². The molecular weight excluding hydrogens is 474 g/mol. The highest BCUT2D eigenvalue weighted by atomic mass is 16.6. The third-order valence-corrected chi connectivity index (χ3v) is 7.77. The second kappa shape index (κ2) is 10.7. The van der Waals surface area contributed by atoms with Gasteiger partial charge in [-0.2, -0.15) is 0 Å². The molecule has 2 saturated heterocycles. The number of rotatable bonds is 4. The number of fused-ring (bicyclic) bond motifs is 1. The number of aromatic nitrogens is 4. The molecule has 11 nitrogen and oxygen atoms in total. The van der Waals surface area contributed by atoms with Crippen molar-refractivity contribution in [1.29, 1.82) is 0 Å². The van der Waals surface area contributed by atoms with Crippen molar-refractivity contribution in [3.05, 3.63) is 43.0 Å². The Morgan fingerprint density at radius 2 is 2.00 bits per heavy atom. The largest absolute Gasteiger partial charge is 0.483 e. The lowest BCUT2D eigenvalue weighted by Gasteiger charge is -2.48. The van der Waals surface area contributed by atoms with E-state index in [0.29, 0.717) is 18.1 Å². The second-order valence-electron chi connectivity index (χ2n) is 9.97. The van der Waals surface area contributed by atoms with E-state index in [1.807, 2.05) is 34.6 Å². The quantitative estimate of drug-likeness (QED) is 0.532. The average molecular weight is 508 g/mol. The molecule has 2 aliphatic heterocycles. The molecule has 0 radical (unpaired) electrons. The smallest absolute Gasteiger partial charge is 0.409 e. The third-order valence-electron chi connectivity index (χ3n) is 7.77. The summed E-state index contributed by atoms with van der Waals surface area (Å²) in [7, 11) is 0. The summed E-state index contributed by atoms with van der Waals surface area (Å²) in [6.45, 7) is 7.80. The van der Waals surface area contributed by atoms with E-state index in [1.165, 1.54) is 19.3 Å². The Bertz CT molecular complexity index is 1230. The molecule has 6 rings (SSSR count). The maximum absolute atomic E-state index is 12.0. The normalized spacial score (nSPS) is 20.8. The van der Waals surface area contributed by atoms with E-state index in [1.54, 1.807) is 6.33 Å². The van der Waals surface area contributed by atoms with E-state index in [4.69, 9.17) is 19.6 Å². The number of carbonyl (C=O) groups excluding carboxylic acids is 1. The number of likely N-dealkylation sites (tertiary alicyclic amines) is 1. The van der Waals surface area contributed by atoms with Crippen molar-refractivity contribution in [3.8, 4) is 11.1 Å². The number of hydrogen-bond donors (Lipinski definition) is 1. The maximum Gasteiger partial charge on any atom is 0.409 e. The highest BCUT2D eigenvalue weighted by Gasteiger charge is 2.51. The molecule has 3 aromatic rings. The second-order valence-corrected chi connectivity index (χ2v) is 9.97. The highest BCUT2D eigenvalue weighted by Crippen LogP contribution is 2.47. The Kier molecular flexibility index (Phi) is 7.22. The number of nitrogens with zero attached hydrogens (tertiary/aromatic N) is 7. The van der Waals surface area contributed by atoms with Crippen molar-refractivity contribution in [2.75, 3.05) is 50.8 Å². The zero-order valence-electron chi connectivity index (χ0n) is 21.1. The van der Waals surface area contributed by atoms with Crippen LogP contribution in [-0.4, -0.2) is 99.0 Å². The van der Waals surface area contributed by atoms with Gasteiger partial charge in [0.2, 0.25) is 0 Å². The van der Waals surface area contributed by atoms with Crippen molar-refractivity contribution in [3.63, 3.8) is 0 Å². The Balaban J connectivity index is 0.000000892. The van der Waals surface area contributed by atoms with E-state index in [0.717, 1.165) is 61.9 Å². The van der Waals surface area contributed by atoms with Crippen LogP contribution in [0, 0.1) is 5.41 Å². The number of anilines is 1. The van der Waals surface area contributed by atoms with Gasteiger partial charge in [0.1, 0.15) is 12.1 Å². The Morgan fingerprint density at radius 3 is 2.76 bits per heavy atom. The fourth-order valence-corrected chi connectivity index (χ4v) is 6.04. The van der Waals surface area contributed by atoms with Gasteiger partial charge < -0.3 is 19.6 Å². The summed E-state index contributed by atoms with van der Waals surface area (Å²) >= 11 is 0. The summed E-state index contributed by atoms with van der Waals surface area (Å²) in [6, 6.07) is 8.85. The first-order chi connectivity index (χ1) is 18.1. The monoisotopic (exact) mass is 507 g/mol. The maximum atomic E-state index is 12.0. The van der Waals surface area contributed by atoms with Crippen LogP contribution in [0.2, 0.25) is 0 Å². The fraction of sp³-hybridized carbons (Fsp3) is 0.500. The molecular formula is C26H33N7O4. The molecule has 3 fully saturated rings. The molecule has 1 spiro atoms. The predicted molar refractivity (Wildman–Crippen MR) is 137 cm³/mol. The van der Waals surface area contributed by atoms with E-state index in [2.05, 4.69) is 38.3 Å². The minimum Gasteiger partial charge on any atom is -0.483 e. The van der Waals surface area contributed by atoms with Crippen LogP contribution in [-0.2, 0) is 9.53 Å². The van der Waals surface area contributed by atoms with Gasteiger partial charge in [0.25, 0.3) is 6.47 Å². The van der Waals surface area contributed by atoms with E-state index in [-0.39, 0.29) is 12.6 Å². The van der Waals surface area contributed by atoms with Crippen LogP contribution in [0.3, 0.4) is 0 Å². The number of carboxylic acid groups (broad SMARTS) is 1. The molecule has 3 aromatic heterocycles. The van der Waals surface area contributed by atoms with Gasteiger partial charge in [-0.1, -0.05) is 0 Å².